The Kier molecular flexibility index (Phi) is 3.22. The average molecular weight is 277 g/mol. The largest absolute Gasteiger partial charge is 0.321 e. The fourth-order valence-electron chi connectivity index (χ4n) is 0.897. The third-order valence-corrected chi connectivity index (χ3v) is 2.55. The summed E-state index contributed by atoms with van der Waals surface area (Å²) < 4.78 is 13.7. The number of benzene rings is 1. The Morgan fingerprint density at radius 1 is 1.58 bits per heavy atom. The van der Waals surface area contributed by atoms with Gasteiger partial charge in [-0.05, 0) is 46.4 Å². The molecule has 0 aliphatic rings. The fraction of sp³-hybridized carbons (Fsp3) is 0.111. The molecule has 1 nitrogen and oxygen atoms in total. The van der Waals surface area contributed by atoms with Crippen LogP contribution in [0.5, 0.6) is 0 Å². The first-order valence-electron chi connectivity index (χ1n) is 3.48. The van der Waals surface area contributed by atoms with Gasteiger partial charge in [-0.2, -0.15) is 0 Å². The summed E-state index contributed by atoms with van der Waals surface area (Å²) in [5, 5.41) is 0. The molecule has 0 heterocycles. The van der Waals surface area contributed by atoms with Crippen molar-refractivity contribution < 1.29 is 4.39 Å². The van der Waals surface area contributed by atoms with Crippen LogP contribution in [0.3, 0.4) is 0 Å². The van der Waals surface area contributed by atoms with E-state index in [9.17, 15) is 4.39 Å². The normalized spacial score (nSPS) is 12.6. The molecule has 1 aromatic rings. The zero-order valence-electron chi connectivity index (χ0n) is 6.43. The van der Waals surface area contributed by atoms with Gasteiger partial charge < -0.3 is 5.73 Å². The predicted molar refractivity (Wildman–Crippen MR) is 56.2 cm³/mol. The van der Waals surface area contributed by atoms with Crippen LogP contribution in [0.15, 0.2) is 30.9 Å². The van der Waals surface area contributed by atoms with E-state index >= 15 is 0 Å². The number of hydrogen-bond acceptors (Lipinski definition) is 1. The van der Waals surface area contributed by atoms with Gasteiger partial charge in [0, 0.05) is 9.61 Å². The second-order valence-corrected chi connectivity index (χ2v) is 3.59. The van der Waals surface area contributed by atoms with Crippen LogP contribution in [-0.4, -0.2) is 0 Å². The van der Waals surface area contributed by atoms with Gasteiger partial charge in [0.05, 0.1) is 0 Å². The summed E-state index contributed by atoms with van der Waals surface area (Å²) in [7, 11) is 0. The van der Waals surface area contributed by atoms with E-state index in [4.69, 9.17) is 5.73 Å². The van der Waals surface area contributed by atoms with Crippen molar-refractivity contribution in [1.82, 2.24) is 0 Å². The standard InChI is InChI=1S/C9H9FIN/c1-2-9(12)7-5-6(10)3-4-8(7)11/h2-5,9H,1,12H2/t9-/m0/s1. The summed E-state index contributed by atoms with van der Waals surface area (Å²) >= 11 is 2.12. The Bertz CT molecular complexity index is 299. The highest BCUT2D eigenvalue weighted by Gasteiger charge is 2.06. The summed E-state index contributed by atoms with van der Waals surface area (Å²) in [6, 6.07) is 4.27. The first kappa shape index (κ1) is 9.67. The molecule has 2 N–H and O–H groups in total. The van der Waals surface area contributed by atoms with E-state index in [2.05, 4.69) is 29.2 Å². The molecule has 12 heavy (non-hydrogen) atoms. The van der Waals surface area contributed by atoms with Crippen molar-refractivity contribution in [2.45, 2.75) is 6.04 Å². The molecule has 0 saturated heterocycles. The molecule has 0 unspecified atom stereocenters. The molecule has 1 atom stereocenters. The lowest BCUT2D eigenvalue weighted by atomic mass is 10.1. The van der Waals surface area contributed by atoms with Crippen molar-refractivity contribution in [3.63, 3.8) is 0 Å². The Morgan fingerprint density at radius 3 is 2.83 bits per heavy atom. The molecule has 0 amide bonds. The first-order valence-corrected chi connectivity index (χ1v) is 4.56. The minimum Gasteiger partial charge on any atom is -0.321 e. The molecular weight excluding hydrogens is 268 g/mol. The maximum absolute atomic E-state index is 12.8. The molecule has 0 aliphatic heterocycles. The van der Waals surface area contributed by atoms with Gasteiger partial charge >= 0.3 is 0 Å². The maximum Gasteiger partial charge on any atom is 0.123 e. The molecule has 0 saturated carbocycles. The Labute approximate surface area is 84.6 Å². The van der Waals surface area contributed by atoms with Crippen LogP contribution in [-0.2, 0) is 0 Å². The maximum atomic E-state index is 12.8. The van der Waals surface area contributed by atoms with Crippen molar-refractivity contribution in [2.24, 2.45) is 5.73 Å². The lowest BCUT2D eigenvalue weighted by Crippen LogP contribution is -2.08. The summed E-state index contributed by atoms with van der Waals surface area (Å²) in [6.07, 6.45) is 1.59. The SMILES string of the molecule is C=C[C@H](N)c1cc(F)ccc1I. The minimum atomic E-state index is -0.285. The van der Waals surface area contributed by atoms with Crippen molar-refractivity contribution in [3.05, 3.63) is 45.8 Å². The van der Waals surface area contributed by atoms with Crippen LogP contribution in [0.1, 0.15) is 11.6 Å². The van der Waals surface area contributed by atoms with Crippen LogP contribution in [0.2, 0.25) is 0 Å². The first-order chi connectivity index (χ1) is 5.65. The third-order valence-electron chi connectivity index (χ3n) is 1.57. The van der Waals surface area contributed by atoms with E-state index in [0.29, 0.717) is 0 Å². The zero-order valence-corrected chi connectivity index (χ0v) is 8.58. The number of rotatable bonds is 2. The van der Waals surface area contributed by atoms with Gasteiger partial charge in [0.25, 0.3) is 0 Å². The molecule has 0 spiro atoms. The summed E-state index contributed by atoms with van der Waals surface area (Å²) in [5.74, 6) is -0.261. The summed E-state index contributed by atoms with van der Waals surface area (Å²) in [6.45, 7) is 3.56. The van der Waals surface area contributed by atoms with Crippen LogP contribution >= 0.6 is 22.6 Å². The van der Waals surface area contributed by atoms with Crippen molar-refractivity contribution in [3.8, 4) is 0 Å². The van der Waals surface area contributed by atoms with Crippen LogP contribution in [0.25, 0.3) is 0 Å². The second-order valence-electron chi connectivity index (χ2n) is 2.43. The third kappa shape index (κ3) is 2.04. The van der Waals surface area contributed by atoms with Crippen LogP contribution in [0, 0.1) is 9.39 Å². The van der Waals surface area contributed by atoms with Crippen molar-refractivity contribution >= 4 is 22.6 Å². The van der Waals surface area contributed by atoms with E-state index in [1.54, 1.807) is 12.1 Å². The molecule has 0 aromatic heterocycles. The van der Waals surface area contributed by atoms with Gasteiger partial charge in [0.2, 0.25) is 0 Å². The van der Waals surface area contributed by atoms with E-state index in [1.807, 2.05) is 0 Å². The highest BCUT2D eigenvalue weighted by molar-refractivity contribution is 14.1. The molecule has 1 rings (SSSR count). The van der Waals surface area contributed by atoms with Crippen molar-refractivity contribution in [1.29, 1.82) is 0 Å². The summed E-state index contributed by atoms with van der Waals surface area (Å²) in [4.78, 5) is 0. The van der Waals surface area contributed by atoms with Crippen LogP contribution in [0.4, 0.5) is 4.39 Å². The Hall–Kier alpha value is -0.420. The minimum absolute atomic E-state index is 0.261. The Morgan fingerprint density at radius 2 is 2.25 bits per heavy atom. The van der Waals surface area contributed by atoms with Crippen LogP contribution < -0.4 is 5.73 Å². The van der Waals surface area contributed by atoms with Gasteiger partial charge in [0.1, 0.15) is 5.82 Å². The highest BCUT2D eigenvalue weighted by Crippen LogP contribution is 2.19. The van der Waals surface area contributed by atoms with Gasteiger partial charge in [0.15, 0.2) is 0 Å². The van der Waals surface area contributed by atoms with Gasteiger partial charge in [-0.1, -0.05) is 6.08 Å². The smallest absolute Gasteiger partial charge is 0.123 e. The van der Waals surface area contributed by atoms with E-state index in [0.717, 1.165) is 9.13 Å². The molecule has 0 radical (unpaired) electrons. The molecule has 1 aromatic carbocycles. The Balaban J connectivity index is 3.12. The lowest BCUT2D eigenvalue weighted by molar-refractivity contribution is 0.623. The zero-order chi connectivity index (χ0) is 9.14. The monoisotopic (exact) mass is 277 g/mol. The van der Waals surface area contributed by atoms with Gasteiger partial charge in [-0.3, -0.25) is 0 Å². The van der Waals surface area contributed by atoms with E-state index < -0.39 is 0 Å². The quantitative estimate of drug-likeness (QED) is 0.652. The molecule has 64 valence electrons. The number of halogens is 2. The average Bonchev–Trinajstić information content (AvgIpc) is 2.08. The van der Waals surface area contributed by atoms with Gasteiger partial charge in [-0.15, -0.1) is 6.58 Å². The second kappa shape index (κ2) is 4.00. The molecule has 0 fully saturated rings. The van der Waals surface area contributed by atoms with E-state index in [-0.39, 0.29) is 11.9 Å². The fourth-order valence-corrected chi connectivity index (χ4v) is 1.59. The highest BCUT2D eigenvalue weighted by atomic mass is 127. The van der Waals surface area contributed by atoms with E-state index in [1.165, 1.54) is 12.1 Å². The van der Waals surface area contributed by atoms with Crippen molar-refractivity contribution in [2.75, 3.05) is 0 Å². The van der Waals surface area contributed by atoms with Gasteiger partial charge in [-0.25, -0.2) is 4.39 Å². The molecule has 3 heteroatoms. The number of nitrogens with two attached hydrogens (primary N) is 1. The molecular formula is C9H9FIN. The molecule has 0 bridgehead atoms. The number of hydrogen-bond donors (Lipinski definition) is 1. The topological polar surface area (TPSA) is 26.0 Å². The lowest BCUT2D eigenvalue weighted by Gasteiger charge is -2.08. The predicted octanol–water partition coefficient (Wildman–Crippen LogP) is 2.62. The molecule has 0 aliphatic carbocycles. The summed E-state index contributed by atoms with van der Waals surface area (Å²) in [5.41, 5.74) is 6.46.